The second-order valence-electron chi connectivity index (χ2n) is 7.81. The topological polar surface area (TPSA) is 67.8 Å². The summed E-state index contributed by atoms with van der Waals surface area (Å²) in [6.45, 7) is 8.93. The van der Waals surface area contributed by atoms with E-state index in [2.05, 4.69) is 43.3 Å². The van der Waals surface area contributed by atoms with E-state index in [1.165, 1.54) is 0 Å². The molecule has 0 unspecified atom stereocenters. The molecule has 2 aliphatic rings. The number of likely N-dealkylation sites (N-methyl/N-ethyl adjacent to an activating group) is 1. The lowest BCUT2D eigenvalue weighted by molar-refractivity contribution is 0.208. The molecule has 3 heterocycles. The van der Waals surface area contributed by atoms with Crippen molar-refractivity contribution in [3.05, 3.63) is 42.0 Å². The minimum atomic E-state index is -0.0493. The van der Waals surface area contributed by atoms with Crippen LogP contribution in [0.4, 0.5) is 22.1 Å². The van der Waals surface area contributed by atoms with Gasteiger partial charge in [-0.05, 0) is 43.8 Å². The van der Waals surface area contributed by atoms with E-state index >= 15 is 0 Å². The number of hydrogen-bond acceptors (Lipinski definition) is 6. The number of anilines is 3. The zero-order valence-corrected chi connectivity index (χ0v) is 17.2. The second kappa shape index (κ2) is 8.65. The average molecular weight is 396 g/mol. The highest BCUT2D eigenvalue weighted by Crippen LogP contribution is 2.18. The molecule has 0 bridgehead atoms. The van der Waals surface area contributed by atoms with Gasteiger partial charge < -0.3 is 24.9 Å². The molecule has 4 rings (SSSR count). The van der Waals surface area contributed by atoms with Crippen LogP contribution in [0.1, 0.15) is 5.56 Å². The van der Waals surface area contributed by atoms with Gasteiger partial charge in [-0.25, -0.2) is 4.79 Å². The monoisotopic (exact) mass is 395 g/mol. The van der Waals surface area contributed by atoms with Crippen LogP contribution in [-0.2, 0) is 0 Å². The standard InChI is InChI=1S/C21H29N7O/c1-17-4-3-5-18(16-17)22-21(29)28-14-12-27(13-15-28)20-7-6-19(23-24-20)26-10-8-25(2)9-11-26/h3-7,16H,8-15H2,1-2H3,(H,22,29). The van der Waals surface area contributed by atoms with Crippen molar-refractivity contribution in [2.45, 2.75) is 6.92 Å². The van der Waals surface area contributed by atoms with E-state index in [0.29, 0.717) is 13.1 Å². The Kier molecular flexibility index (Phi) is 5.80. The number of carbonyl (C=O) groups is 1. The summed E-state index contributed by atoms with van der Waals surface area (Å²) in [7, 11) is 2.15. The summed E-state index contributed by atoms with van der Waals surface area (Å²) in [6, 6.07) is 11.9. The number of rotatable bonds is 3. The molecule has 1 aromatic heterocycles. The van der Waals surface area contributed by atoms with Gasteiger partial charge in [0.2, 0.25) is 0 Å². The highest BCUT2D eigenvalue weighted by molar-refractivity contribution is 5.89. The molecule has 2 fully saturated rings. The average Bonchev–Trinajstić information content (AvgIpc) is 2.75. The fourth-order valence-electron chi connectivity index (χ4n) is 3.76. The number of aryl methyl sites for hydroxylation is 1. The van der Waals surface area contributed by atoms with Gasteiger partial charge in [0.25, 0.3) is 0 Å². The molecular weight excluding hydrogens is 366 g/mol. The zero-order valence-electron chi connectivity index (χ0n) is 17.2. The third-order valence-electron chi connectivity index (χ3n) is 5.62. The summed E-state index contributed by atoms with van der Waals surface area (Å²) in [5.41, 5.74) is 1.97. The molecule has 0 radical (unpaired) electrons. The smallest absolute Gasteiger partial charge is 0.321 e. The first-order chi connectivity index (χ1) is 14.1. The Hall–Kier alpha value is -2.87. The number of nitrogens with zero attached hydrogens (tertiary/aromatic N) is 6. The van der Waals surface area contributed by atoms with Crippen LogP contribution in [-0.4, -0.2) is 85.4 Å². The van der Waals surface area contributed by atoms with E-state index in [-0.39, 0.29) is 6.03 Å². The van der Waals surface area contributed by atoms with E-state index in [1.807, 2.05) is 42.2 Å². The van der Waals surface area contributed by atoms with Crippen molar-refractivity contribution in [3.63, 3.8) is 0 Å². The lowest BCUT2D eigenvalue weighted by Crippen LogP contribution is -2.50. The molecular formula is C21H29N7O. The maximum atomic E-state index is 12.5. The molecule has 1 N–H and O–H groups in total. The molecule has 154 valence electrons. The van der Waals surface area contributed by atoms with E-state index in [9.17, 15) is 4.79 Å². The Bertz CT molecular complexity index is 825. The van der Waals surface area contributed by atoms with Crippen molar-refractivity contribution in [1.82, 2.24) is 20.0 Å². The summed E-state index contributed by atoms with van der Waals surface area (Å²) in [4.78, 5) is 21.2. The van der Waals surface area contributed by atoms with Crippen LogP contribution in [0.3, 0.4) is 0 Å². The summed E-state index contributed by atoms with van der Waals surface area (Å²) in [5.74, 6) is 1.82. The molecule has 0 saturated carbocycles. The quantitative estimate of drug-likeness (QED) is 0.856. The van der Waals surface area contributed by atoms with Crippen molar-refractivity contribution in [2.75, 3.05) is 74.5 Å². The minimum Gasteiger partial charge on any atom is -0.353 e. The number of piperazine rings is 2. The largest absolute Gasteiger partial charge is 0.353 e. The number of aromatic nitrogens is 2. The molecule has 29 heavy (non-hydrogen) atoms. The maximum absolute atomic E-state index is 12.5. The van der Waals surface area contributed by atoms with Gasteiger partial charge in [0.05, 0.1) is 0 Å². The summed E-state index contributed by atoms with van der Waals surface area (Å²) in [6.07, 6.45) is 0. The van der Waals surface area contributed by atoms with Gasteiger partial charge in [0, 0.05) is 58.0 Å². The van der Waals surface area contributed by atoms with Crippen molar-refractivity contribution in [2.24, 2.45) is 0 Å². The third-order valence-corrected chi connectivity index (χ3v) is 5.62. The molecule has 2 amide bonds. The maximum Gasteiger partial charge on any atom is 0.321 e. The molecule has 8 nitrogen and oxygen atoms in total. The van der Waals surface area contributed by atoms with Crippen molar-refractivity contribution >= 4 is 23.4 Å². The highest BCUT2D eigenvalue weighted by Gasteiger charge is 2.23. The number of benzene rings is 1. The van der Waals surface area contributed by atoms with Gasteiger partial charge >= 0.3 is 6.03 Å². The zero-order chi connectivity index (χ0) is 20.2. The first-order valence-electron chi connectivity index (χ1n) is 10.2. The van der Waals surface area contributed by atoms with Gasteiger partial charge in [-0.15, -0.1) is 10.2 Å². The predicted molar refractivity (Wildman–Crippen MR) is 116 cm³/mol. The SMILES string of the molecule is Cc1cccc(NC(=O)N2CCN(c3ccc(N4CCN(C)CC4)nn3)CC2)c1. The minimum absolute atomic E-state index is 0.0493. The summed E-state index contributed by atoms with van der Waals surface area (Å²) < 4.78 is 0. The Morgan fingerprint density at radius 2 is 1.45 bits per heavy atom. The number of hydrogen-bond donors (Lipinski definition) is 1. The molecule has 0 spiro atoms. The van der Waals surface area contributed by atoms with Crippen LogP contribution in [0.25, 0.3) is 0 Å². The lowest BCUT2D eigenvalue weighted by Gasteiger charge is -2.35. The molecule has 1 aromatic carbocycles. The van der Waals surface area contributed by atoms with Crippen molar-refractivity contribution < 1.29 is 4.79 Å². The summed E-state index contributed by atoms with van der Waals surface area (Å²) in [5, 5.41) is 11.9. The van der Waals surface area contributed by atoms with Gasteiger partial charge in [-0.3, -0.25) is 0 Å². The molecule has 0 atom stereocenters. The van der Waals surface area contributed by atoms with Crippen LogP contribution in [0.5, 0.6) is 0 Å². The third kappa shape index (κ3) is 4.76. The highest BCUT2D eigenvalue weighted by atomic mass is 16.2. The number of amides is 2. The van der Waals surface area contributed by atoms with E-state index in [0.717, 1.165) is 62.2 Å². The molecule has 2 aromatic rings. The number of carbonyl (C=O) groups excluding carboxylic acids is 1. The van der Waals surface area contributed by atoms with Crippen LogP contribution < -0.4 is 15.1 Å². The van der Waals surface area contributed by atoms with Crippen LogP contribution in [0.2, 0.25) is 0 Å². The molecule has 0 aliphatic carbocycles. The Balaban J connectivity index is 1.29. The van der Waals surface area contributed by atoms with Gasteiger partial charge in [0.1, 0.15) is 0 Å². The molecule has 2 saturated heterocycles. The van der Waals surface area contributed by atoms with Gasteiger partial charge in [-0.2, -0.15) is 0 Å². The normalized spacial score (nSPS) is 18.1. The van der Waals surface area contributed by atoms with Crippen LogP contribution in [0.15, 0.2) is 36.4 Å². The predicted octanol–water partition coefficient (Wildman–Crippen LogP) is 1.89. The Morgan fingerprint density at radius 1 is 0.862 bits per heavy atom. The Morgan fingerprint density at radius 3 is 2.00 bits per heavy atom. The summed E-state index contributed by atoms with van der Waals surface area (Å²) >= 11 is 0. The number of urea groups is 1. The van der Waals surface area contributed by atoms with Crippen LogP contribution in [0, 0.1) is 6.92 Å². The second-order valence-corrected chi connectivity index (χ2v) is 7.81. The lowest BCUT2D eigenvalue weighted by atomic mass is 10.2. The number of nitrogens with one attached hydrogen (secondary N) is 1. The molecule has 2 aliphatic heterocycles. The fraction of sp³-hybridized carbons (Fsp3) is 0.476. The van der Waals surface area contributed by atoms with Crippen LogP contribution >= 0.6 is 0 Å². The van der Waals surface area contributed by atoms with Gasteiger partial charge in [-0.1, -0.05) is 12.1 Å². The van der Waals surface area contributed by atoms with E-state index in [4.69, 9.17) is 0 Å². The van der Waals surface area contributed by atoms with Crippen molar-refractivity contribution in [1.29, 1.82) is 0 Å². The van der Waals surface area contributed by atoms with E-state index in [1.54, 1.807) is 0 Å². The van der Waals surface area contributed by atoms with E-state index < -0.39 is 0 Å². The fourth-order valence-corrected chi connectivity index (χ4v) is 3.76. The Labute approximate surface area is 172 Å². The first-order valence-corrected chi connectivity index (χ1v) is 10.2. The molecule has 8 heteroatoms. The van der Waals surface area contributed by atoms with Gasteiger partial charge in [0.15, 0.2) is 11.6 Å². The van der Waals surface area contributed by atoms with Crippen molar-refractivity contribution in [3.8, 4) is 0 Å². The first kappa shape index (κ1) is 19.4.